The van der Waals surface area contributed by atoms with E-state index in [1.807, 2.05) is 0 Å². The molecular formula is C19H18FNO4. The van der Waals surface area contributed by atoms with Gasteiger partial charge in [0.05, 0.1) is 11.5 Å². The number of carbonyl (C=O) groups is 2. The molecule has 1 heterocycles. The van der Waals surface area contributed by atoms with Gasteiger partial charge in [-0.2, -0.15) is 0 Å². The number of nitrogens with zero attached hydrogens (tertiary/aromatic N) is 1. The van der Waals surface area contributed by atoms with Crippen molar-refractivity contribution in [1.82, 2.24) is 4.98 Å². The first-order valence-corrected chi connectivity index (χ1v) is 8.17. The molecule has 130 valence electrons. The molecule has 1 aromatic heterocycles. The Hall–Kier alpha value is -2.76. The fraction of sp³-hybridized carbons (Fsp3) is 0.316. The van der Waals surface area contributed by atoms with E-state index in [-0.39, 0.29) is 17.6 Å². The van der Waals surface area contributed by atoms with E-state index in [4.69, 9.17) is 9.84 Å². The molecule has 3 rings (SSSR count). The molecule has 0 unspecified atom stereocenters. The summed E-state index contributed by atoms with van der Waals surface area (Å²) in [7, 11) is 0. The summed E-state index contributed by atoms with van der Waals surface area (Å²) in [5, 5.41) is 9.01. The third-order valence-corrected chi connectivity index (χ3v) is 4.51. The van der Waals surface area contributed by atoms with Crippen LogP contribution in [0.4, 0.5) is 4.39 Å². The molecule has 1 aromatic carbocycles. The van der Waals surface area contributed by atoms with Crippen molar-refractivity contribution < 1.29 is 23.8 Å². The monoisotopic (exact) mass is 343 g/mol. The number of aldehydes is 1. The Bertz CT molecular complexity index is 767. The predicted molar refractivity (Wildman–Crippen MR) is 89.0 cm³/mol. The van der Waals surface area contributed by atoms with Crippen molar-refractivity contribution in [1.29, 1.82) is 0 Å². The van der Waals surface area contributed by atoms with E-state index < -0.39 is 11.8 Å². The van der Waals surface area contributed by atoms with Gasteiger partial charge in [-0.15, -0.1) is 0 Å². The van der Waals surface area contributed by atoms with E-state index >= 15 is 0 Å². The quantitative estimate of drug-likeness (QED) is 0.837. The number of ether oxygens (including phenoxy) is 1. The van der Waals surface area contributed by atoms with Gasteiger partial charge in [-0.1, -0.05) is 6.07 Å². The lowest BCUT2D eigenvalue weighted by molar-refractivity contribution is -0.143. The zero-order chi connectivity index (χ0) is 17.8. The lowest BCUT2D eigenvalue weighted by Gasteiger charge is -2.26. The number of carboxylic acid groups (broad SMARTS) is 1. The summed E-state index contributed by atoms with van der Waals surface area (Å²) in [4.78, 5) is 25.9. The van der Waals surface area contributed by atoms with Gasteiger partial charge in [0.25, 0.3) is 0 Å². The second kappa shape index (κ2) is 7.42. The molecule has 25 heavy (non-hydrogen) atoms. The first kappa shape index (κ1) is 17.1. The number of hydrogen-bond acceptors (Lipinski definition) is 4. The van der Waals surface area contributed by atoms with Crippen LogP contribution in [0.1, 0.15) is 36.0 Å². The topological polar surface area (TPSA) is 76.5 Å². The summed E-state index contributed by atoms with van der Waals surface area (Å²) in [5.74, 6) is -1.12. The first-order chi connectivity index (χ1) is 12.1. The Kier molecular flexibility index (Phi) is 5.07. The lowest BCUT2D eigenvalue weighted by atomic mass is 9.87. The fourth-order valence-corrected chi connectivity index (χ4v) is 3.02. The first-order valence-electron chi connectivity index (χ1n) is 8.17. The minimum Gasteiger partial charge on any atom is -0.481 e. The number of benzene rings is 1. The second-order valence-corrected chi connectivity index (χ2v) is 6.17. The molecular weight excluding hydrogens is 325 g/mol. The predicted octanol–water partition coefficient (Wildman–Crippen LogP) is 3.72. The largest absolute Gasteiger partial charge is 0.481 e. The van der Waals surface area contributed by atoms with E-state index in [2.05, 4.69) is 4.98 Å². The zero-order valence-corrected chi connectivity index (χ0v) is 13.5. The number of rotatable bonds is 5. The molecule has 2 aromatic rings. The van der Waals surface area contributed by atoms with E-state index in [0.29, 0.717) is 43.4 Å². The second-order valence-electron chi connectivity index (χ2n) is 6.17. The molecule has 0 radical (unpaired) electrons. The van der Waals surface area contributed by atoms with Crippen LogP contribution in [0.25, 0.3) is 11.1 Å². The van der Waals surface area contributed by atoms with Gasteiger partial charge in [0.2, 0.25) is 5.88 Å². The number of hydrogen-bond donors (Lipinski definition) is 1. The van der Waals surface area contributed by atoms with Crippen LogP contribution in [0, 0.1) is 11.7 Å². The van der Waals surface area contributed by atoms with Crippen molar-refractivity contribution in [2.24, 2.45) is 5.92 Å². The molecule has 0 spiro atoms. The minimum atomic E-state index is -0.742. The highest BCUT2D eigenvalue weighted by molar-refractivity contribution is 5.77. The number of carbonyl (C=O) groups excluding carboxylic acids is 1. The van der Waals surface area contributed by atoms with Crippen LogP contribution in [0.2, 0.25) is 0 Å². The number of carboxylic acids is 1. The maximum absolute atomic E-state index is 13.7. The van der Waals surface area contributed by atoms with Crippen molar-refractivity contribution >= 4 is 12.3 Å². The van der Waals surface area contributed by atoms with Gasteiger partial charge in [-0.25, -0.2) is 9.37 Å². The van der Waals surface area contributed by atoms with Crippen molar-refractivity contribution in [2.45, 2.75) is 31.8 Å². The third-order valence-electron chi connectivity index (χ3n) is 4.51. The molecule has 0 saturated heterocycles. The van der Waals surface area contributed by atoms with Crippen LogP contribution in [-0.2, 0) is 4.79 Å². The Morgan fingerprint density at radius 2 is 1.88 bits per heavy atom. The highest BCUT2D eigenvalue weighted by Gasteiger charge is 2.27. The van der Waals surface area contributed by atoms with Gasteiger partial charge < -0.3 is 9.84 Å². The number of halogens is 1. The summed E-state index contributed by atoms with van der Waals surface area (Å²) in [6.07, 6.45) is 4.65. The normalized spacial score (nSPS) is 20.0. The number of aromatic nitrogens is 1. The SMILES string of the molecule is O=Cc1ccc(-c2ccc(OC3CCC(C(=O)O)CC3)nc2)cc1F. The molecule has 0 amide bonds. The van der Waals surface area contributed by atoms with Gasteiger partial charge in [0.1, 0.15) is 11.9 Å². The van der Waals surface area contributed by atoms with Crippen molar-refractivity contribution in [2.75, 3.05) is 0 Å². The Labute approximate surface area is 144 Å². The molecule has 1 aliphatic carbocycles. The van der Waals surface area contributed by atoms with Crippen molar-refractivity contribution in [3.8, 4) is 17.0 Å². The maximum Gasteiger partial charge on any atom is 0.306 e. The van der Waals surface area contributed by atoms with Crippen LogP contribution in [0.3, 0.4) is 0 Å². The standard InChI is InChI=1S/C19H18FNO4/c20-17-9-13(1-2-15(17)11-22)14-5-8-18(21-10-14)25-16-6-3-12(4-7-16)19(23)24/h1-2,5,8-12,16H,3-4,6-7H2,(H,23,24). The number of aliphatic carboxylic acids is 1. The van der Waals surface area contributed by atoms with Crippen LogP contribution >= 0.6 is 0 Å². The molecule has 1 saturated carbocycles. The smallest absolute Gasteiger partial charge is 0.306 e. The van der Waals surface area contributed by atoms with E-state index in [9.17, 15) is 14.0 Å². The summed E-state index contributed by atoms with van der Waals surface area (Å²) < 4.78 is 19.5. The van der Waals surface area contributed by atoms with Crippen molar-refractivity contribution in [3.63, 3.8) is 0 Å². The molecule has 0 bridgehead atoms. The molecule has 1 aliphatic rings. The van der Waals surface area contributed by atoms with Crippen LogP contribution in [0.15, 0.2) is 36.5 Å². The lowest BCUT2D eigenvalue weighted by Crippen LogP contribution is -2.28. The third kappa shape index (κ3) is 4.02. The summed E-state index contributed by atoms with van der Waals surface area (Å²) in [6.45, 7) is 0. The summed E-state index contributed by atoms with van der Waals surface area (Å²) in [6, 6.07) is 7.89. The van der Waals surface area contributed by atoms with Gasteiger partial charge in [0, 0.05) is 17.8 Å². The number of pyridine rings is 1. The Balaban J connectivity index is 1.64. The fourth-order valence-electron chi connectivity index (χ4n) is 3.02. The van der Waals surface area contributed by atoms with Crippen molar-refractivity contribution in [3.05, 3.63) is 47.9 Å². The zero-order valence-electron chi connectivity index (χ0n) is 13.5. The molecule has 0 atom stereocenters. The summed E-state index contributed by atoms with van der Waals surface area (Å²) in [5.41, 5.74) is 1.37. The average molecular weight is 343 g/mol. The highest BCUT2D eigenvalue weighted by Crippen LogP contribution is 2.28. The van der Waals surface area contributed by atoms with Crippen LogP contribution < -0.4 is 4.74 Å². The molecule has 5 nitrogen and oxygen atoms in total. The van der Waals surface area contributed by atoms with Crippen LogP contribution in [0.5, 0.6) is 5.88 Å². The average Bonchev–Trinajstić information content (AvgIpc) is 2.63. The van der Waals surface area contributed by atoms with Gasteiger partial charge in [0.15, 0.2) is 6.29 Å². The van der Waals surface area contributed by atoms with Crippen LogP contribution in [-0.4, -0.2) is 28.4 Å². The van der Waals surface area contributed by atoms with Gasteiger partial charge >= 0.3 is 5.97 Å². The Morgan fingerprint density at radius 1 is 1.16 bits per heavy atom. The van der Waals surface area contributed by atoms with E-state index in [1.54, 1.807) is 24.4 Å². The molecule has 6 heteroatoms. The highest BCUT2D eigenvalue weighted by atomic mass is 19.1. The molecule has 1 N–H and O–H groups in total. The minimum absolute atomic E-state index is 0.0219. The Morgan fingerprint density at radius 3 is 2.44 bits per heavy atom. The van der Waals surface area contributed by atoms with E-state index in [1.165, 1.54) is 12.1 Å². The van der Waals surface area contributed by atoms with Gasteiger partial charge in [-0.05, 0) is 49.4 Å². The molecule has 1 fully saturated rings. The van der Waals surface area contributed by atoms with E-state index in [0.717, 1.165) is 5.56 Å². The molecule has 0 aliphatic heterocycles. The summed E-state index contributed by atoms with van der Waals surface area (Å²) >= 11 is 0. The maximum atomic E-state index is 13.7. The van der Waals surface area contributed by atoms with Gasteiger partial charge in [-0.3, -0.25) is 9.59 Å².